The number of benzene rings is 1. The van der Waals surface area contributed by atoms with Crippen LogP contribution >= 0.6 is 15.9 Å². The van der Waals surface area contributed by atoms with Crippen LogP contribution in [-0.4, -0.2) is 38.8 Å². The number of likely N-dealkylation sites (N-methyl/N-ethyl adjacent to an activating group) is 1. The van der Waals surface area contributed by atoms with Crippen LogP contribution in [0.4, 0.5) is 5.69 Å². The molecular weight excluding hydrogens is 296 g/mol. The van der Waals surface area contributed by atoms with Crippen LogP contribution in [0.15, 0.2) is 22.7 Å². The third-order valence-electron chi connectivity index (χ3n) is 2.97. The van der Waals surface area contributed by atoms with Gasteiger partial charge in [-0.25, -0.2) is 0 Å². The molecule has 5 heteroatoms. The van der Waals surface area contributed by atoms with Crippen LogP contribution in [-0.2, 0) is 9.53 Å². The van der Waals surface area contributed by atoms with E-state index >= 15 is 0 Å². The molecule has 4 nitrogen and oxygen atoms in total. The second-order valence-electron chi connectivity index (χ2n) is 4.45. The summed E-state index contributed by atoms with van der Waals surface area (Å²) in [5.74, 6) is 0.00560. The summed E-state index contributed by atoms with van der Waals surface area (Å²) in [6.45, 7) is 3.46. The molecular formula is C13H17BrN2O2. The Morgan fingerprint density at radius 1 is 1.56 bits per heavy atom. The summed E-state index contributed by atoms with van der Waals surface area (Å²) in [6.07, 6.45) is 0. The highest BCUT2D eigenvalue weighted by molar-refractivity contribution is 9.10. The normalized spacial score (nSPS) is 20.3. The molecule has 1 N–H and O–H groups in total. The second kappa shape index (κ2) is 5.82. The number of anilines is 1. The predicted octanol–water partition coefficient (Wildman–Crippen LogP) is 1.71. The van der Waals surface area contributed by atoms with Crippen molar-refractivity contribution >= 4 is 27.5 Å². The van der Waals surface area contributed by atoms with Gasteiger partial charge in [0.2, 0.25) is 0 Å². The molecule has 1 saturated heterocycles. The third-order valence-corrected chi connectivity index (χ3v) is 3.61. The van der Waals surface area contributed by atoms with Crippen molar-refractivity contribution in [3.05, 3.63) is 28.2 Å². The van der Waals surface area contributed by atoms with E-state index < -0.39 is 0 Å². The van der Waals surface area contributed by atoms with Crippen LogP contribution in [0.3, 0.4) is 0 Å². The Labute approximate surface area is 115 Å². The van der Waals surface area contributed by atoms with Crippen LogP contribution in [0.1, 0.15) is 5.56 Å². The number of hydrogen-bond donors (Lipinski definition) is 1. The Morgan fingerprint density at radius 2 is 2.33 bits per heavy atom. The number of halogens is 1. The smallest absolute Gasteiger partial charge is 0.253 e. The van der Waals surface area contributed by atoms with Gasteiger partial charge in [-0.3, -0.25) is 4.79 Å². The fraction of sp³-hybridized carbons (Fsp3) is 0.462. The molecule has 98 valence electrons. The van der Waals surface area contributed by atoms with E-state index in [4.69, 9.17) is 4.74 Å². The van der Waals surface area contributed by atoms with Gasteiger partial charge in [-0.1, -0.05) is 6.07 Å². The van der Waals surface area contributed by atoms with Gasteiger partial charge in [0.05, 0.1) is 18.3 Å². The Morgan fingerprint density at radius 3 is 3.00 bits per heavy atom. The third kappa shape index (κ3) is 2.74. The van der Waals surface area contributed by atoms with Gasteiger partial charge in [0, 0.05) is 11.0 Å². The Hall–Kier alpha value is -0.910. The number of nitrogens with zero attached hydrogens (tertiary/aromatic N) is 1. The van der Waals surface area contributed by atoms with Crippen molar-refractivity contribution in [2.75, 3.05) is 31.7 Å². The fourth-order valence-corrected chi connectivity index (χ4v) is 2.84. The molecule has 1 aliphatic heterocycles. The number of ether oxygens (including phenoxy) is 1. The average molecular weight is 313 g/mol. The molecule has 0 radical (unpaired) electrons. The van der Waals surface area contributed by atoms with E-state index in [9.17, 15) is 4.79 Å². The fourth-order valence-electron chi connectivity index (χ4n) is 2.15. The SMILES string of the molecule is CNCC1COCC(=O)N1c1ccc(C)cc1Br. The number of hydrogen-bond acceptors (Lipinski definition) is 3. The summed E-state index contributed by atoms with van der Waals surface area (Å²) in [7, 11) is 1.88. The minimum absolute atomic E-state index is 0.00560. The topological polar surface area (TPSA) is 41.6 Å². The van der Waals surface area contributed by atoms with Gasteiger partial charge < -0.3 is 15.0 Å². The van der Waals surface area contributed by atoms with Gasteiger partial charge in [-0.2, -0.15) is 0 Å². The van der Waals surface area contributed by atoms with E-state index in [-0.39, 0.29) is 18.6 Å². The van der Waals surface area contributed by atoms with Crippen LogP contribution in [0, 0.1) is 6.92 Å². The minimum Gasteiger partial charge on any atom is -0.369 e. The van der Waals surface area contributed by atoms with Crippen molar-refractivity contribution in [1.29, 1.82) is 0 Å². The van der Waals surface area contributed by atoms with Crippen molar-refractivity contribution in [1.82, 2.24) is 5.32 Å². The molecule has 1 fully saturated rings. The van der Waals surface area contributed by atoms with Gasteiger partial charge >= 0.3 is 0 Å². The Balaban J connectivity index is 2.34. The maximum atomic E-state index is 12.1. The van der Waals surface area contributed by atoms with Crippen LogP contribution in [0.2, 0.25) is 0 Å². The van der Waals surface area contributed by atoms with Crippen molar-refractivity contribution in [3.8, 4) is 0 Å². The average Bonchev–Trinajstić information content (AvgIpc) is 2.31. The van der Waals surface area contributed by atoms with E-state index in [0.29, 0.717) is 13.2 Å². The Kier molecular flexibility index (Phi) is 4.37. The first-order valence-electron chi connectivity index (χ1n) is 5.94. The Bertz CT molecular complexity index is 449. The zero-order chi connectivity index (χ0) is 13.1. The lowest BCUT2D eigenvalue weighted by Gasteiger charge is -2.36. The molecule has 1 aliphatic rings. The summed E-state index contributed by atoms with van der Waals surface area (Å²) in [6, 6.07) is 6.05. The van der Waals surface area contributed by atoms with Crippen molar-refractivity contribution in [2.45, 2.75) is 13.0 Å². The lowest BCUT2D eigenvalue weighted by Crippen LogP contribution is -2.53. The van der Waals surface area contributed by atoms with Gasteiger partial charge in [0.25, 0.3) is 5.91 Å². The van der Waals surface area contributed by atoms with E-state index in [1.54, 1.807) is 0 Å². The van der Waals surface area contributed by atoms with E-state index in [2.05, 4.69) is 21.2 Å². The number of morpholine rings is 1. The summed E-state index contributed by atoms with van der Waals surface area (Å²) < 4.78 is 6.26. The number of aryl methyl sites for hydroxylation is 1. The number of nitrogens with one attached hydrogen (secondary N) is 1. The molecule has 18 heavy (non-hydrogen) atoms. The molecule has 1 atom stereocenters. The van der Waals surface area contributed by atoms with Crippen molar-refractivity contribution < 1.29 is 9.53 Å². The monoisotopic (exact) mass is 312 g/mol. The van der Waals surface area contributed by atoms with Gasteiger partial charge in [-0.05, 0) is 47.6 Å². The van der Waals surface area contributed by atoms with Crippen LogP contribution in [0.5, 0.6) is 0 Å². The summed E-state index contributed by atoms with van der Waals surface area (Å²) >= 11 is 3.53. The van der Waals surface area contributed by atoms with Crippen molar-refractivity contribution in [3.63, 3.8) is 0 Å². The molecule has 0 saturated carbocycles. The molecule has 2 rings (SSSR count). The summed E-state index contributed by atoms with van der Waals surface area (Å²) in [5, 5.41) is 3.10. The van der Waals surface area contributed by atoms with Gasteiger partial charge in [0.15, 0.2) is 0 Å². The molecule has 0 aromatic heterocycles. The number of amides is 1. The summed E-state index contributed by atoms with van der Waals surface area (Å²) in [4.78, 5) is 13.9. The van der Waals surface area contributed by atoms with Crippen LogP contribution in [0.25, 0.3) is 0 Å². The molecule has 1 aromatic rings. The maximum Gasteiger partial charge on any atom is 0.253 e. The quantitative estimate of drug-likeness (QED) is 0.924. The second-order valence-corrected chi connectivity index (χ2v) is 5.30. The number of rotatable bonds is 3. The highest BCUT2D eigenvalue weighted by Gasteiger charge is 2.30. The molecule has 1 amide bonds. The van der Waals surface area contributed by atoms with Crippen LogP contribution < -0.4 is 10.2 Å². The predicted molar refractivity (Wildman–Crippen MR) is 74.9 cm³/mol. The molecule has 1 aromatic carbocycles. The summed E-state index contributed by atoms with van der Waals surface area (Å²) in [5.41, 5.74) is 2.07. The number of carbonyl (C=O) groups is 1. The van der Waals surface area contributed by atoms with Crippen molar-refractivity contribution in [2.24, 2.45) is 0 Å². The van der Waals surface area contributed by atoms with E-state index in [1.807, 2.05) is 37.1 Å². The molecule has 1 unspecified atom stereocenters. The first kappa shape index (κ1) is 13.5. The standard InChI is InChI=1S/C13H17BrN2O2/c1-9-3-4-12(11(14)5-9)16-10(6-15-2)7-18-8-13(16)17/h3-5,10,15H,6-8H2,1-2H3. The van der Waals surface area contributed by atoms with Gasteiger partial charge in [-0.15, -0.1) is 0 Å². The lowest BCUT2D eigenvalue weighted by molar-refractivity contribution is -0.127. The largest absolute Gasteiger partial charge is 0.369 e. The first-order valence-corrected chi connectivity index (χ1v) is 6.73. The number of carbonyl (C=O) groups excluding carboxylic acids is 1. The zero-order valence-electron chi connectivity index (χ0n) is 10.6. The highest BCUT2D eigenvalue weighted by atomic mass is 79.9. The van der Waals surface area contributed by atoms with Gasteiger partial charge in [0.1, 0.15) is 6.61 Å². The molecule has 1 heterocycles. The zero-order valence-corrected chi connectivity index (χ0v) is 12.2. The first-order chi connectivity index (χ1) is 8.63. The highest BCUT2D eigenvalue weighted by Crippen LogP contribution is 2.30. The maximum absolute atomic E-state index is 12.1. The molecule has 0 bridgehead atoms. The molecule has 0 aliphatic carbocycles. The lowest BCUT2D eigenvalue weighted by atomic mass is 10.1. The van der Waals surface area contributed by atoms with E-state index in [1.165, 1.54) is 0 Å². The van der Waals surface area contributed by atoms with E-state index in [0.717, 1.165) is 15.7 Å². The molecule has 0 spiro atoms. The minimum atomic E-state index is 0.00560.